The number of nitrogens with one attached hydrogen (secondary N) is 1. The van der Waals surface area contributed by atoms with Crippen molar-refractivity contribution in [3.05, 3.63) is 27.8 Å². The second kappa shape index (κ2) is 3.74. The number of aldehydes is 1. The normalized spacial score (nSPS) is 14.3. The highest BCUT2D eigenvalue weighted by atomic mass is 16.1. The van der Waals surface area contributed by atoms with E-state index in [9.17, 15) is 9.59 Å². The van der Waals surface area contributed by atoms with Gasteiger partial charge in [0.1, 0.15) is 0 Å². The summed E-state index contributed by atoms with van der Waals surface area (Å²) in [6.45, 7) is 5.86. The van der Waals surface area contributed by atoms with Crippen molar-refractivity contribution in [2.75, 3.05) is 5.32 Å². The Balaban J connectivity index is 2.74. The minimum Gasteiger partial charge on any atom is -0.326 e. The summed E-state index contributed by atoms with van der Waals surface area (Å²) in [6.07, 6.45) is 2.18. The van der Waals surface area contributed by atoms with E-state index < -0.39 is 0 Å². The molecule has 1 amide bonds. The highest BCUT2D eigenvalue weighted by Crippen LogP contribution is 2.33. The fourth-order valence-electron chi connectivity index (χ4n) is 2.36. The summed E-state index contributed by atoms with van der Waals surface area (Å²) in [5, 5.41) is 2.87. The van der Waals surface area contributed by atoms with Crippen LogP contribution in [0.25, 0.3) is 0 Å². The van der Waals surface area contributed by atoms with Crippen molar-refractivity contribution in [1.82, 2.24) is 0 Å². The molecule has 0 saturated carbocycles. The fourth-order valence-corrected chi connectivity index (χ4v) is 2.36. The molecule has 0 bridgehead atoms. The summed E-state index contributed by atoms with van der Waals surface area (Å²) in [7, 11) is 0. The average Bonchev–Trinajstić information content (AvgIpc) is 2.27. The second-order valence-corrected chi connectivity index (χ2v) is 4.31. The molecular formula is C13H15NO2. The van der Waals surface area contributed by atoms with E-state index in [2.05, 4.69) is 5.32 Å². The molecule has 0 spiro atoms. The van der Waals surface area contributed by atoms with Gasteiger partial charge in [0.2, 0.25) is 5.91 Å². The molecule has 16 heavy (non-hydrogen) atoms. The van der Waals surface area contributed by atoms with Crippen molar-refractivity contribution in [2.45, 2.75) is 33.6 Å². The summed E-state index contributed by atoms with van der Waals surface area (Å²) >= 11 is 0. The maximum Gasteiger partial charge on any atom is 0.224 e. The average molecular weight is 217 g/mol. The van der Waals surface area contributed by atoms with Crippen LogP contribution < -0.4 is 5.32 Å². The highest BCUT2D eigenvalue weighted by Gasteiger charge is 2.22. The maximum atomic E-state index is 11.4. The lowest BCUT2D eigenvalue weighted by Crippen LogP contribution is -2.22. The number of hydrogen-bond donors (Lipinski definition) is 1. The molecule has 0 radical (unpaired) electrons. The molecule has 2 rings (SSSR count). The number of fused-ring (bicyclic) bond motifs is 1. The van der Waals surface area contributed by atoms with Gasteiger partial charge in [-0.3, -0.25) is 9.59 Å². The van der Waals surface area contributed by atoms with Crippen LogP contribution in [0.5, 0.6) is 0 Å². The summed E-state index contributed by atoms with van der Waals surface area (Å²) in [5.74, 6) is 0.0377. The Kier molecular flexibility index (Phi) is 2.54. The van der Waals surface area contributed by atoms with E-state index in [0.717, 1.165) is 35.1 Å². The molecule has 1 aliphatic rings. The van der Waals surface area contributed by atoms with Gasteiger partial charge in [-0.15, -0.1) is 0 Å². The predicted octanol–water partition coefficient (Wildman–Crippen LogP) is 2.31. The third-order valence-corrected chi connectivity index (χ3v) is 3.48. The molecule has 0 unspecified atom stereocenters. The van der Waals surface area contributed by atoms with Crippen molar-refractivity contribution < 1.29 is 9.59 Å². The van der Waals surface area contributed by atoms with E-state index in [-0.39, 0.29) is 5.91 Å². The first-order chi connectivity index (χ1) is 7.56. The van der Waals surface area contributed by atoms with Gasteiger partial charge < -0.3 is 5.32 Å². The van der Waals surface area contributed by atoms with Crippen molar-refractivity contribution in [3.63, 3.8) is 0 Å². The van der Waals surface area contributed by atoms with Crippen LogP contribution in [0.1, 0.15) is 39.0 Å². The minimum absolute atomic E-state index is 0.0377. The summed E-state index contributed by atoms with van der Waals surface area (Å²) in [4.78, 5) is 22.4. The Morgan fingerprint density at radius 3 is 2.38 bits per heavy atom. The third kappa shape index (κ3) is 1.43. The van der Waals surface area contributed by atoms with Gasteiger partial charge in [0.05, 0.1) is 0 Å². The largest absolute Gasteiger partial charge is 0.326 e. The molecule has 0 atom stereocenters. The smallest absolute Gasteiger partial charge is 0.224 e. The lowest BCUT2D eigenvalue weighted by molar-refractivity contribution is -0.116. The van der Waals surface area contributed by atoms with E-state index in [1.807, 2.05) is 20.8 Å². The molecule has 1 aromatic rings. The number of carbonyl (C=O) groups excluding carboxylic acids is 2. The zero-order valence-electron chi connectivity index (χ0n) is 9.81. The van der Waals surface area contributed by atoms with Crippen molar-refractivity contribution in [1.29, 1.82) is 0 Å². The zero-order chi connectivity index (χ0) is 11.9. The predicted molar refractivity (Wildman–Crippen MR) is 63.0 cm³/mol. The fraction of sp³-hybridized carbons (Fsp3) is 0.385. The molecular weight excluding hydrogens is 202 g/mol. The van der Waals surface area contributed by atoms with Gasteiger partial charge in [-0.2, -0.15) is 0 Å². The topological polar surface area (TPSA) is 46.2 Å². The van der Waals surface area contributed by atoms with Crippen LogP contribution in [-0.2, 0) is 11.2 Å². The SMILES string of the molecule is Cc1c(C)c2c(c(C)c1C=O)NC(=O)CC2. The molecule has 84 valence electrons. The van der Waals surface area contributed by atoms with Gasteiger partial charge in [0.15, 0.2) is 6.29 Å². The summed E-state index contributed by atoms with van der Waals surface area (Å²) < 4.78 is 0. The molecule has 0 fully saturated rings. The highest BCUT2D eigenvalue weighted by molar-refractivity contribution is 5.97. The zero-order valence-corrected chi connectivity index (χ0v) is 9.81. The van der Waals surface area contributed by atoms with Crippen molar-refractivity contribution in [2.24, 2.45) is 0 Å². The van der Waals surface area contributed by atoms with Crippen molar-refractivity contribution >= 4 is 17.9 Å². The number of carbonyl (C=O) groups is 2. The number of rotatable bonds is 1. The Bertz CT molecular complexity index is 489. The molecule has 1 N–H and O–H groups in total. The van der Waals surface area contributed by atoms with Crippen LogP contribution in [0.2, 0.25) is 0 Å². The number of benzene rings is 1. The molecule has 0 aromatic heterocycles. The molecule has 1 aliphatic heterocycles. The van der Waals surface area contributed by atoms with E-state index in [1.54, 1.807) is 0 Å². The van der Waals surface area contributed by atoms with Gasteiger partial charge >= 0.3 is 0 Å². The lowest BCUT2D eigenvalue weighted by Gasteiger charge is -2.24. The summed E-state index contributed by atoms with van der Waals surface area (Å²) in [6, 6.07) is 0. The van der Waals surface area contributed by atoms with E-state index in [1.165, 1.54) is 5.56 Å². The first-order valence-corrected chi connectivity index (χ1v) is 5.44. The Morgan fingerprint density at radius 1 is 1.06 bits per heavy atom. The van der Waals surface area contributed by atoms with E-state index in [0.29, 0.717) is 12.0 Å². The molecule has 1 heterocycles. The van der Waals surface area contributed by atoms with E-state index in [4.69, 9.17) is 0 Å². The quantitative estimate of drug-likeness (QED) is 0.734. The number of anilines is 1. The van der Waals surface area contributed by atoms with Gasteiger partial charge in [-0.05, 0) is 49.4 Å². The van der Waals surface area contributed by atoms with Crippen LogP contribution in [0.4, 0.5) is 5.69 Å². The van der Waals surface area contributed by atoms with Crippen LogP contribution >= 0.6 is 0 Å². The third-order valence-electron chi connectivity index (χ3n) is 3.48. The summed E-state index contributed by atoms with van der Waals surface area (Å²) in [5.41, 5.74) is 5.78. The van der Waals surface area contributed by atoms with Gasteiger partial charge in [-0.25, -0.2) is 0 Å². The molecule has 3 nitrogen and oxygen atoms in total. The van der Waals surface area contributed by atoms with Crippen LogP contribution in [-0.4, -0.2) is 12.2 Å². The molecule has 0 saturated heterocycles. The van der Waals surface area contributed by atoms with Gasteiger partial charge in [-0.1, -0.05) is 0 Å². The monoisotopic (exact) mass is 217 g/mol. The second-order valence-electron chi connectivity index (χ2n) is 4.31. The number of amides is 1. The van der Waals surface area contributed by atoms with E-state index >= 15 is 0 Å². The van der Waals surface area contributed by atoms with Crippen LogP contribution in [0.3, 0.4) is 0 Å². The Morgan fingerprint density at radius 2 is 1.75 bits per heavy atom. The van der Waals surface area contributed by atoms with Crippen molar-refractivity contribution in [3.8, 4) is 0 Å². The maximum absolute atomic E-state index is 11.4. The molecule has 3 heteroatoms. The van der Waals surface area contributed by atoms with Gasteiger partial charge in [0, 0.05) is 17.7 Å². The van der Waals surface area contributed by atoms with Crippen LogP contribution in [0.15, 0.2) is 0 Å². The first-order valence-electron chi connectivity index (χ1n) is 5.44. The molecule has 1 aromatic carbocycles. The minimum atomic E-state index is 0.0377. The standard InChI is InChI=1S/C13H15NO2/c1-7-8(2)11(6-15)9(3)13-10(7)4-5-12(16)14-13/h6H,4-5H2,1-3H3,(H,14,16). The first kappa shape index (κ1) is 10.9. The molecule has 0 aliphatic carbocycles. The Labute approximate surface area is 94.9 Å². The Hall–Kier alpha value is -1.64. The van der Waals surface area contributed by atoms with Gasteiger partial charge in [0.25, 0.3) is 0 Å². The lowest BCUT2D eigenvalue weighted by atomic mass is 9.88. The van der Waals surface area contributed by atoms with Crippen LogP contribution in [0, 0.1) is 20.8 Å². The number of hydrogen-bond acceptors (Lipinski definition) is 2.